The van der Waals surface area contributed by atoms with Crippen molar-refractivity contribution < 1.29 is 4.74 Å². The molecule has 0 amide bonds. The van der Waals surface area contributed by atoms with Gasteiger partial charge in [-0.15, -0.1) is 0 Å². The number of rotatable bonds is 4. The molecule has 0 radical (unpaired) electrons. The lowest BCUT2D eigenvalue weighted by molar-refractivity contribution is 0.0848. The number of benzene rings is 1. The SMILES string of the molecule is COCCN1CCCC(N)C1c1ccccc1. The van der Waals surface area contributed by atoms with E-state index in [0.29, 0.717) is 6.04 Å². The Labute approximate surface area is 104 Å². The molecule has 0 bridgehead atoms. The first-order valence-electron chi connectivity index (χ1n) is 6.36. The summed E-state index contributed by atoms with van der Waals surface area (Å²) in [6.45, 7) is 2.86. The van der Waals surface area contributed by atoms with Crippen LogP contribution in [-0.2, 0) is 4.74 Å². The number of likely N-dealkylation sites (tertiary alicyclic amines) is 1. The summed E-state index contributed by atoms with van der Waals surface area (Å²) in [6, 6.07) is 11.2. The number of nitrogens with two attached hydrogens (primary N) is 1. The van der Waals surface area contributed by atoms with Crippen molar-refractivity contribution in [2.45, 2.75) is 24.9 Å². The van der Waals surface area contributed by atoms with Gasteiger partial charge in [-0.05, 0) is 24.9 Å². The molecule has 1 aliphatic heterocycles. The van der Waals surface area contributed by atoms with E-state index in [0.717, 1.165) is 26.1 Å². The van der Waals surface area contributed by atoms with Gasteiger partial charge >= 0.3 is 0 Å². The first kappa shape index (κ1) is 12.6. The molecule has 0 aromatic heterocycles. The van der Waals surface area contributed by atoms with Gasteiger partial charge in [0.25, 0.3) is 0 Å². The fourth-order valence-electron chi connectivity index (χ4n) is 2.67. The van der Waals surface area contributed by atoms with Crippen LogP contribution in [0.1, 0.15) is 24.4 Å². The quantitative estimate of drug-likeness (QED) is 0.863. The molecule has 0 saturated carbocycles. The smallest absolute Gasteiger partial charge is 0.0589 e. The van der Waals surface area contributed by atoms with Crippen LogP contribution in [0, 0.1) is 0 Å². The van der Waals surface area contributed by atoms with E-state index >= 15 is 0 Å². The van der Waals surface area contributed by atoms with Crippen LogP contribution in [0.5, 0.6) is 0 Å². The van der Waals surface area contributed by atoms with Crippen LogP contribution in [0.3, 0.4) is 0 Å². The summed E-state index contributed by atoms with van der Waals surface area (Å²) in [5.41, 5.74) is 7.62. The fourth-order valence-corrected chi connectivity index (χ4v) is 2.67. The standard InChI is InChI=1S/C14H22N2O/c1-17-11-10-16-9-5-8-13(15)14(16)12-6-3-2-4-7-12/h2-4,6-7,13-14H,5,8-11,15H2,1H3. The molecule has 1 heterocycles. The molecule has 17 heavy (non-hydrogen) atoms. The molecular formula is C14H22N2O. The topological polar surface area (TPSA) is 38.5 Å². The average molecular weight is 234 g/mol. The predicted octanol–water partition coefficient (Wildman–Crippen LogP) is 1.80. The lowest BCUT2D eigenvalue weighted by Crippen LogP contribution is -2.46. The van der Waals surface area contributed by atoms with Crippen molar-refractivity contribution >= 4 is 0 Å². The zero-order chi connectivity index (χ0) is 12.1. The molecule has 1 aromatic rings. The predicted molar refractivity (Wildman–Crippen MR) is 69.8 cm³/mol. The molecule has 2 unspecified atom stereocenters. The third kappa shape index (κ3) is 3.06. The zero-order valence-corrected chi connectivity index (χ0v) is 10.5. The lowest BCUT2D eigenvalue weighted by atomic mass is 9.91. The Balaban J connectivity index is 2.13. The van der Waals surface area contributed by atoms with Gasteiger partial charge < -0.3 is 10.5 Å². The summed E-state index contributed by atoms with van der Waals surface area (Å²) in [6.07, 6.45) is 2.30. The van der Waals surface area contributed by atoms with Gasteiger partial charge in [-0.25, -0.2) is 0 Å². The maximum absolute atomic E-state index is 6.29. The molecule has 94 valence electrons. The molecule has 1 aliphatic rings. The number of methoxy groups -OCH3 is 1. The molecule has 3 heteroatoms. The van der Waals surface area contributed by atoms with Crippen LogP contribution in [-0.4, -0.2) is 37.7 Å². The number of nitrogens with zero attached hydrogens (tertiary/aromatic N) is 1. The number of piperidine rings is 1. The summed E-state index contributed by atoms with van der Waals surface area (Å²) < 4.78 is 5.18. The Bertz CT molecular complexity index is 328. The van der Waals surface area contributed by atoms with Gasteiger partial charge in [-0.2, -0.15) is 0 Å². The largest absolute Gasteiger partial charge is 0.383 e. The maximum atomic E-state index is 6.29. The maximum Gasteiger partial charge on any atom is 0.0589 e. The Morgan fingerprint density at radius 2 is 2.12 bits per heavy atom. The monoisotopic (exact) mass is 234 g/mol. The Hall–Kier alpha value is -0.900. The second-order valence-electron chi connectivity index (χ2n) is 4.69. The Morgan fingerprint density at radius 1 is 1.35 bits per heavy atom. The van der Waals surface area contributed by atoms with Crippen LogP contribution >= 0.6 is 0 Å². The van der Waals surface area contributed by atoms with Crippen LogP contribution in [0.25, 0.3) is 0 Å². The highest BCUT2D eigenvalue weighted by Crippen LogP contribution is 2.29. The zero-order valence-electron chi connectivity index (χ0n) is 10.5. The molecule has 2 N–H and O–H groups in total. The van der Waals surface area contributed by atoms with Gasteiger partial charge in [-0.1, -0.05) is 30.3 Å². The molecule has 1 fully saturated rings. The van der Waals surface area contributed by atoms with Crippen LogP contribution in [0.2, 0.25) is 0 Å². The van der Waals surface area contributed by atoms with E-state index in [9.17, 15) is 0 Å². The molecular weight excluding hydrogens is 212 g/mol. The van der Waals surface area contributed by atoms with Crippen LogP contribution in [0.4, 0.5) is 0 Å². The van der Waals surface area contributed by atoms with E-state index in [1.54, 1.807) is 7.11 Å². The summed E-state index contributed by atoms with van der Waals surface area (Å²) in [7, 11) is 1.75. The lowest BCUT2D eigenvalue weighted by Gasteiger charge is -2.40. The normalized spacial score (nSPS) is 26.0. The number of hydrogen-bond acceptors (Lipinski definition) is 3. The van der Waals surface area contributed by atoms with Crippen molar-refractivity contribution in [3.05, 3.63) is 35.9 Å². The highest BCUT2D eigenvalue weighted by Gasteiger charge is 2.29. The highest BCUT2D eigenvalue weighted by atomic mass is 16.5. The first-order chi connectivity index (χ1) is 8.33. The minimum absolute atomic E-state index is 0.239. The van der Waals surface area contributed by atoms with Crippen molar-refractivity contribution in [3.63, 3.8) is 0 Å². The third-order valence-corrected chi connectivity index (χ3v) is 3.51. The Kier molecular flexibility index (Phi) is 4.54. The first-order valence-corrected chi connectivity index (χ1v) is 6.36. The van der Waals surface area contributed by atoms with Crippen LogP contribution in [0.15, 0.2) is 30.3 Å². The highest BCUT2D eigenvalue weighted by molar-refractivity contribution is 5.21. The van der Waals surface area contributed by atoms with Gasteiger partial charge in [0, 0.05) is 25.7 Å². The summed E-state index contributed by atoms with van der Waals surface area (Å²) in [4.78, 5) is 2.45. The molecule has 0 spiro atoms. The summed E-state index contributed by atoms with van der Waals surface area (Å²) >= 11 is 0. The van der Waals surface area contributed by atoms with E-state index in [-0.39, 0.29) is 6.04 Å². The van der Waals surface area contributed by atoms with Crippen molar-refractivity contribution in [3.8, 4) is 0 Å². The van der Waals surface area contributed by atoms with Crippen LogP contribution < -0.4 is 5.73 Å². The summed E-state index contributed by atoms with van der Waals surface area (Å²) in [5.74, 6) is 0. The minimum atomic E-state index is 0.239. The van der Waals surface area contributed by atoms with E-state index < -0.39 is 0 Å². The van der Waals surface area contributed by atoms with Gasteiger partial charge in [0.2, 0.25) is 0 Å². The molecule has 2 atom stereocenters. The van der Waals surface area contributed by atoms with E-state index in [1.807, 2.05) is 0 Å². The second-order valence-corrected chi connectivity index (χ2v) is 4.69. The minimum Gasteiger partial charge on any atom is -0.383 e. The molecule has 0 aliphatic carbocycles. The second kappa shape index (κ2) is 6.15. The van der Waals surface area contributed by atoms with E-state index in [2.05, 4.69) is 35.2 Å². The number of hydrogen-bond donors (Lipinski definition) is 1. The van der Waals surface area contributed by atoms with Crippen molar-refractivity contribution in [2.75, 3.05) is 26.8 Å². The molecule has 2 rings (SSSR count). The van der Waals surface area contributed by atoms with E-state index in [4.69, 9.17) is 10.5 Å². The van der Waals surface area contributed by atoms with Gasteiger partial charge in [0.15, 0.2) is 0 Å². The number of ether oxygens (including phenoxy) is 1. The summed E-state index contributed by atoms with van der Waals surface area (Å²) in [5, 5.41) is 0. The third-order valence-electron chi connectivity index (χ3n) is 3.51. The fraction of sp³-hybridized carbons (Fsp3) is 0.571. The van der Waals surface area contributed by atoms with Gasteiger partial charge in [-0.3, -0.25) is 4.90 Å². The molecule has 1 aromatic carbocycles. The van der Waals surface area contributed by atoms with E-state index in [1.165, 1.54) is 12.0 Å². The Morgan fingerprint density at radius 3 is 2.82 bits per heavy atom. The van der Waals surface area contributed by atoms with Gasteiger partial charge in [0.05, 0.1) is 6.61 Å². The average Bonchev–Trinajstić information content (AvgIpc) is 2.37. The molecule has 3 nitrogen and oxygen atoms in total. The van der Waals surface area contributed by atoms with Crippen molar-refractivity contribution in [1.29, 1.82) is 0 Å². The van der Waals surface area contributed by atoms with Crippen molar-refractivity contribution in [1.82, 2.24) is 4.90 Å². The van der Waals surface area contributed by atoms with Gasteiger partial charge in [0.1, 0.15) is 0 Å². The van der Waals surface area contributed by atoms with Crippen molar-refractivity contribution in [2.24, 2.45) is 5.73 Å². The molecule has 1 saturated heterocycles.